The molecular weight excluding hydrogens is 1050 g/mol. The first-order valence-corrected chi connectivity index (χ1v) is 27.8. The molecule has 7 N–H and O–H groups in total. The summed E-state index contributed by atoms with van der Waals surface area (Å²) in [6.45, 7) is 18.1. The molecule has 1 saturated heterocycles. The minimum atomic E-state index is -2.06. The molecule has 440 valence electrons. The smallest absolute Gasteiger partial charge is 0.328 e. The number of aromatic nitrogens is 5. The zero-order chi connectivity index (χ0) is 59.0. The number of phenols is 3. The Hall–Kier alpha value is -7.37. The molecule has 0 unspecified atom stereocenters. The van der Waals surface area contributed by atoms with Crippen LogP contribution in [-0.2, 0) is 43.3 Å². The number of nitrogens with zero attached hydrogens (tertiary/aromatic N) is 6. The molecule has 0 aliphatic carbocycles. The SMILES string of the molecule is CO[C@H]1/C=C/O[C@@]2(C)Oc3c(C)c(O)c4c(O)c(c(/C=N/N5CCC(NCCCCCn6cc(CCCn7cc(F)c(=O)[nH]c7=O)nn6)CC5)c(O)c4c3C2=O)NC(=O)/C(C)=C\C=C\[C@H](C)[C@H](C)[C@@H](C)[C@@H](O)[C@@H](C)[C@H](OC(C)=O)[C@@H]1C. The summed E-state index contributed by atoms with van der Waals surface area (Å²) in [5.41, 5.74) is -1.27. The van der Waals surface area contributed by atoms with Crippen molar-refractivity contribution in [3.63, 3.8) is 0 Å². The molecule has 6 heterocycles. The monoisotopic (exact) mass is 1130 g/mol. The lowest BCUT2D eigenvalue weighted by Gasteiger charge is -2.38. The maximum Gasteiger partial charge on any atom is 0.328 e. The minimum Gasteiger partial charge on any atom is -0.507 e. The number of amides is 1. The molecule has 8 rings (SSSR count). The number of halogens is 1. The van der Waals surface area contributed by atoms with Crippen molar-refractivity contribution in [2.45, 2.75) is 150 Å². The van der Waals surface area contributed by atoms with Crippen molar-refractivity contribution in [3.8, 4) is 23.0 Å². The highest BCUT2D eigenvalue weighted by molar-refractivity contribution is 6.23. The van der Waals surface area contributed by atoms with Crippen LogP contribution in [0, 0.1) is 42.3 Å². The fourth-order valence-corrected chi connectivity index (χ4v) is 10.9. The Labute approximate surface area is 469 Å². The number of phenolic OH excluding ortho intramolecular Hbond substituents is 3. The van der Waals surface area contributed by atoms with Crippen molar-refractivity contribution >= 4 is 40.3 Å². The van der Waals surface area contributed by atoms with Gasteiger partial charge in [-0.3, -0.25) is 38.4 Å². The number of aromatic amines is 1. The second kappa shape index (κ2) is 26.5. The summed E-state index contributed by atoms with van der Waals surface area (Å²) in [5, 5.41) is 68.9. The minimum absolute atomic E-state index is 0.0503. The number of fused-ring (bicyclic) bond motifs is 14. The number of unbranched alkanes of at least 4 members (excludes halogenated alkanes) is 2. The highest BCUT2D eigenvalue weighted by atomic mass is 19.1. The lowest BCUT2D eigenvalue weighted by molar-refractivity contribution is -0.159. The number of hydrogen-bond acceptors (Lipinski definition) is 18. The summed E-state index contributed by atoms with van der Waals surface area (Å²) in [7, 11) is 1.47. The number of allylic oxidation sites excluding steroid dienone is 3. The van der Waals surface area contributed by atoms with Gasteiger partial charge in [-0.05, 0) is 82.7 Å². The Balaban J connectivity index is 1.07. The Morgan fingerprint density at radius 1 is 0.938 bits per heavy atom. The van der Waals surface area contributed by atoms with E-state index in [9.17, 15) is 48.8 Å². The molecule has 0 spiro atoms. The van der Waals surface area contributed by atoms with Crippen LogP contribution in [0.5, 0.6) is 23.0 Å². The summed E-state index contributed by atoms with van der Waals surface area (Å²) in [4.78, 5) is 66.4. The number of ether oxygens (including phenoxy) is 4. The number of H-pyrrole nitrogens is 1. The van der Waals surface area contributed by atoms with E-state index in [0.717, 1.165) is 55.1 Å². The van der Waals surface area contributed by atoms with Crippen LogP contribution in [0.4, 0.5) is 10.1 Å². The highest BCUT2D eigenvalue weighted by Crippen LogP contribution is 2.55. The van der Waals surface area contributed by atoms with E-state index in [0.29, 0.717) is 32.5 Å². The van der Waals surface area contributed by atoms with Gasteiger partial charge in [-0.15, -0.1) is 5.10 Å². The molecule has 4 aliphatic rings. The number of anilines is 1. The Morgan fingerprint density at radius 2 is 1.67 bits per heavy atom. The largest absolute Gasteiger partial charge is 0.507 e. The number of rotatable bonds is 15. The number of aryl methyl sites for hydroxylation is 3. The maximum atomic E-state index is 14.7. The molecule has 4 aliphatic heterocycles. The van der Waals surface area contributed by atoms with Crippen LogP contribution in [0.25, 0.3) is 10.8 Å². The number of aromatic hydroxyl groups is 3. The third-order valence-corrected chi connectivity index (χ3v) is 16.3. The van der Waals surface area contributed by atoms with E-state index in [2.05, 4.69) is 20.9 Å². The maximum absolute atomic E-state index is 14.7. The van der Waals surface area contributed by atoms with Gasteiger partial charge in [0, 0.05) is 87.7 Å². The molecule has 2 aromatic heterocycles. The standard InChI is InChI=1S/C58H78FN9O13/c1-31-16-14-17-32(2)55(75)62-47-41(28-61-67-25-19-39(20-26-67)60-22-12-11-13-24-68-29-40(64-65-68)18-15-23-66-30-42(59)56(76)63-57(66)77)50(72)44-45(51(47)73)49(71)37(7)53-46(44)54(74)58(9,81-53)79-27-21-43(78-10)35(5)52(80-38(8)69)36(6)48(70)34(4)33(31)3/h14,16-17,21,27-31,33-36,39,43,48,52,60,70-73H,11-13,15,18-20,22-26H2,1-10H3,(H,62,75)(H,63,76,77)/b16-14+,27-21+,32-17-,61-28+/t31-,33-,34+,35+,36+,43-,48+,52+,58-/m0/s1. The number of hydrazone groups is 1. The predicted molar refractivity (Wildman–Crippen MR) is 301 cm³/mol. The zero-order valence-corrected chi connectivity index (χ0v) is 47.8. The summed E-state index contributed by atoms with van der Waals surface area (Å²) >= 11 is 0. The molecule has 81 heavy (non-hydrogen) atoms. The molecule has 0 radical (unpaired) electrons. The quantitative estimate of drug-likeness (QED) is 0.0220. The fourth-order valence-electron chi connectivity index (χ4n) is 10.9. The Morgan fingerprint density at radius 3 is 2.37 bits per heavy atom. The van der Waals surface area contributed by atoms with E-state index in [1.807, 2.05) is 56.9 Å². The van der Waals surface area contributed by atoms with Gasteiger partial charge in [-0.1, -0.05) is 64.5 Å². The van der Waals surface area contributed by atoms with Crippen molar-refractivity contribution < 1.29 is 58.1 Å². The van der Waals surface area contributed by atoms with E-state index in [1.165, 1.54) is 46.4 Å². The lowest BCUT2D eigenvalue weighted by Crippen LogP contribution is -2.45. The second-order valence-electron chi connectivity index (χ2n) is 22.0. The molecule has 9 atom stereocenters. The van der Waals surface area contributed by atoms with Crippen molar-refractivity contribution in [1.29, 1.82) is 0 Å². The number of carbonyl (C=O) groups excluding carboxylic acids is 3. The number of esters is 1. The van der Waals surface area contributed by atoms with Gasteiger partial charge in [-0.25, -0.2) is 4.79 Å². The third kappa shape index (κ3) is 13.9. The number of Topliss-reactive ketones (excluding diaryl/α,β-unsaturated/α-hetero) is 1. The molecule has 2 aromatic carbocycles. The first-order valence-electron chi connectivity index (χ1n) is 27.8. The van der Waals surface area contributed by atoms with Crippen LogP contribution >= 0.6 is 0 Å². The van der Waals surface area contributed by atoms with E-state index in [4.69, 9.17) is 24.0 Å². The van der Waals surface area contributed by atoms with Gasteiger partial charge >= 0.3 is 17.4 Å². The summed E-state index contributed by atoms with van der Waals surface area (Å²) < 4.78 is 40.5. The number of benzene rings is 2. The van der Waals surface area contributed by atoms with Gasteiger partial charge in [-0.2, -0.15) is 9.49 Å². The number of ketones is 1. The molecule has 1 amide bonds. The van der Waals surface area contributed by atoms with Gasteiger partial charge in [0.25, 0.3) is 17.2 Å². The molecule has 0 saturated carbocycles. The molecule has 23 heteroatoms. The van der Waals surface area contributed by atoms with E-state index in [1.54, 1.807) is 23.8 Å². The van der Waals surface area contributed by atoms with Crippen molar-refractivity contribution in [3.05, 3.63) is 97.6 Å². The van der Waals surface area contributed by atoms with Crippen molar-refractivity contribution in [2.75, 3.05) is 32.1 Å². The molecule has 4 aromatic rings. The van der Waals surface area contributed by atoms with Crippen LogP contribution < -0.4 is 26.6 Å². The van der Waals surface area contributed by atoms with Crippen LogP contribution in [0.3, 0.4) is 0 Å². The van der Waals surface area contributed by atoms with Gasteiger partial charge in [0.15, 0.2) is 5.75 Å². The number of aliphatic hydroxyl groups is 1. The Bertz CT molecular complexity index is 3200. The first kappa shape index (κ1) is 61.3. The number of piperidine rings is 1. The van der Waals surface area contributed by atoms with Gasteiger partial charge in [0.05, 0.1) is 58.8 Å². The average molecular weight is 1130 g/mol. The van der Waals surface area contributed by atoms with Crippen LogP contribution in [0.15, 0.2) is 63.2 Å². The number of carbonyl (C=O) groups is 3. The van der Waals surface area contributed by atoms with Crippen molar-refractivity contribution in [2.24, 2.45) is 34.7 Å². The van der Waals surface area contributed by atoms with Crippen LogP contribution in [-0.4, -0.2) is 131 Å². The third-order valence-electron chi connectivity index (χ3n) is 16.3. The zero-order valence-electron chi connectivity index (χ0n) is 47.8. The summed E-state index contributed by atoms with van der Waals surface area (Å²) in [6.07, 6.45) is 14.9. The van der Waals surface area contributed by atoms with Gasteiger partial charge in [0.2, 0.25) is 5.82 Å². The average Bonchev–Trinajstić information content (AvgIpc) is 4.08. The summed E-state index contributed by atoms with van der Waals surface area (Å²) in [5.74, 6) is -8.39. The predicted octanol–water partition coefficient (Wildman–Crippen LogP) is 6.50. The number of aliphatic hydroxyl groups excluding tert-OH is 1. The Kier molecular flexibility index (Phi) is 20.0. The number of methoxy groups -OCH3 is 1. The highest BCUT2D eigenvalue weighted by Gasteiger charge is 2.50. The molecule has 22 nitrogen and oxygen atoms in total. The normalized spacial score (nSPS) is 26.6. The fraction of sp³-hybridized carbons (Fsp3) is 0.552. The van der Waals surface area contributed by atoms with E-state index < -0.39 is 87.9 Å². The topological polar surface area (TPSA) is 294 Å². The molecule has 5 bridgehead atoms. The first-order chi connectivity index (χ1) is 38.5. The van der Waals surface area contributed by atoms with E-state index >= 15 is 0 Å². The van der Waals surface area contributed by atoms with Crippen molar-refractivity contribution in [1.82, 2.24) is 34.9 Å². The van der Waals surface area contributed by atoms with Gasteiger partial charge in [0.1, 0.15) is 23.4 Å². The summed E-state index contributed by atoms with van der Waals surface area (Å²) in [6, 6.07) is 0.212. The number of nitrogens with one attached hydrogen (secondary N) is 3. The second-order valence-corrected chi connectivity index (χ2v) is 22.0. The van der Waals surface area contributed by atoms with Crippen LogP contribution in [0.2, 0.25) is 0 Å². The van der Waals surface area contributed by atoms with Gasteiger partial charge < -0.3 is 50.0 Å². The molecule has 1 fully saturated rings. The number of hydrogen-bond donors (Lipinski definition) is 7. The van der Waals surface area contributed by atoms with Crippen LogP contribution in [0.1, 0.15) is 121 Å². The lowest BCUT2D eigenvalue weighted by atomic mass is 9.75. The molecular formula is C58H78FN9O13. The van der Waals surface area contributed by atoms with E-state index in [-0.39, 0.29) is 74.8 Å².